The zero-order chi connectivity index (χ0) is 18.3. The predicted octanol–water partition coefficient (Wildman–Crippen LogP) is 2.72. The molecule has 128 valence electrons. The van der Waals surface area contributed by atoms with Crippen LogP contribution in [0.1, 0.15) is 0 Å². The molecule has 4 rings (SSSR count). The lowest BCUT2D eigenvalue weighted by Gasteiger charge is -2.13. The first-order chi connectivity index (χ1) is 12.6. The maximum absolute atomic E-state index is 14.0. The Kier molecular flexibility index (Phi) is 3.85. The molecule has 3 heterocycles. The van der Waals surface area contributed by atoms with Crippen LogP contribution in [0.25, 0.3) is 22.4 Å². The van der Waals surface area contributed by atoms with Crippen LogP contribution in [-0.2, 0) is 0 Å². The Balaban J connectivity index is 2.24. The second-order valence-electron chi connectivity index (χ2n) is 5.44. The summed E-state index contributed by atoms with van der Waals surface area (Å²) in [7, 11) is 0. The van der Waals surface area contributed by atoms with Gasteiger partial charge in [0.25, 0.3) is 5.56 Å². The van der Waals surface area contributed by atoms with Crippen molar-refractivity contribution in [3.63, 3.8) is 0 Å². The first-order valence-electron chi connectivity index (χ1n) is 7.57. The fourth-order valence-electron chi connectivity index (χ4n) is 2.71. The average Bonchev–Trinajstić information content (AvgIpc) is 2.66. The van der Waals surface area contributed by atoms with Crippen LogP contribution < -0.4 is 11.2 Å². The summed E-state index contributed by atoms with van der Waals surface area (Å²) < 4.78 is 16.1. The first kappa shape index (κ1) is 16.2. The maximum Gasteiger partial charge on any atom is 0.342 e. The zero-order valence-electron chi connectivity index (χ0n) is 13.1. The monoisotopic (exact) mass is 368 g/mol. The van der Waals surface area contributed by atoms with Crippen molar-refractivity contribution in [2.45, 2.75) is 0 Å². The summed E-state index contributed by atoms with van der Waals surface area (Å²) in [6, 6.07) is 12.8. The average molecular weight is 369 g/mol. The Morgan fingerprint density at radius 1 is 0.962 bits per heavy atom. The number of nitrogens with zero attached hydrogens (tertiary/aromatic N) is 4. The predicted molar refractivity (Wildman–Crippen MR) is 95.7 cm³/mol. The molecule has 0 spiro atoms. The second-order valence-corrected chi connectivity index (χ2v) is 5.80. The van der Waals surface area contributed by atoms with Crippen LogP contribution in [0.3, 0.4) is 0 Å². The molecule has 0 bridgehead atoms. The highest BCUT2D eigenvalue weighted by molar-refractivity contribution is 6.29. The quantitative estimate of drug-likeness (QED) is 0.510. The number of pyridine rings is 2. The molecule has 0 aliphatic heterocycles. The summed E-state index contributed by atoms with van der Waals surface area (Å²) in [5, 5.41) is -0.487. The highest BCUT2D eigenvalue weighted by Gasteiger charge is 2.19. The van der Waals surface area contributed by atoms with Crippen molar-refractivity contribution in [3.8, 4) is 11.4 Å². The Hall–Kier alpha value is -3.32. The van der Waals surface area contributed by atoms with Crippen LogP contribution in [0, 0.1) is 5.82 Å². The molecule has 0 atom stereocenters. The van der Waals surface area contributed by atoms with E-state index < -0.39 is 22.2 Å². The Morgan fingerprint density at radius 2 is 1.69 bits per heavy atom. The van der Waals surface area contributed by atoms with Gasteiger partial charge in [0.05, 0.1) is 23.0 Å². The number of benzene rings is 1. The summed E-state index contributed by atoms with van der Waals surface area (Å²) >= 11 is 5.79. The highest BCUT2D eigenvalue weighted by Crippen LogP contribution is 2.19. The molecule has 0 amide bonds. The van der Waals surface area contributed by atoms with Crippen molar-refractivity contribution in [2.24, 2.45) is 0 Å². The van der Waals surface area contributed by atoms with E-state index in [1.807, 2.05) is 0 Å². The van der Waals surface area contributed by atoms with Gasteiger partial charge in [-0.05, 0) is 30.3 Å². The molecular weight excluding hydrogens is 359 g/mol. The third kappa shape index (κ3) is 2.49. The van der Waals surface area contributed by atoms with E-state index >= 15 is 0 Å². The smallest absolute Gasteiger partial charge is 0.268 e. The van der Waals surface area contributed by atoms with Gasteiger partial charge in [0.1, 0.15) is 0 Å². The summed E-state index contributed by atoms with van der Waals surface area (Å²) in [6.07, 6.45) is 2.90. The van der Waals surface area contributed by atoms with Gasteiger partial charge in [0, 0.05) is 6.20 Å². The van der Waals surface area contributed by atoms with E-state index in [0.717, 1.165) is 10.6 Å². The van der Waals surface area contributed by atoms with Crippen molar-refractivity contribution in [3.05, 3.63) is 92.7 Å². The topological polar surface area (TPSA) is 69.8 Å². The van der Waals surface area contributed by atoms with Crippen LogP contribution in [0.4, 0.5) is 4.39 Å². The summed E-state index contributed by atoms with van der Waals surface area (Å²) in [4.78, 5) is 33.9. The molecule has 0 aliphatic carbocycles. The Labute approximate surface area is 150 Å². The normalized spacial score (nSPS) is 11.0. The molecule has 0 radical (unpaired) electrons. The molecule has 1 aromatic carbocycles. The zero-order valence-corrected chi connectivity index (χ0v) is 13.9. The number of rotatable bonds is 2. The number of hydrogen-bond donors (Lipinski definition) is 0. The third-order valence-corrected chi connectivity index (χ3v) is 4.12. The fraction of sp³-hybridized carbons (Fsp3) is 0. The molecule has 26 heavy (non-hydrogen) atoms. The highest BCUT2D eigenvalue weighted by atomic mass is 35.5. The molecule has 0 fully saturated rings. The molecule has 0 aliphatic rings. The van der Waals surface area contributed by atoms with Gasteiger partial charge < -0.3 is 0 Å². The van der Waals surface area contributed by atoms with Crippen LogP contribution in [0.2, 0.25) is 5.15 Å². The number of hydrogen-bond acceptors (Lipinski definition) is 4. The molecule has 0 N–H and O–H groups in total. The SMILES string of the molecule is O=c1c2cc(F)c(Cl)nc2n(-c2ccccc2)c(=O)n1-c1cccnc1. The van der Waals surface area contributed by atoms with Crippen LogP contribution in [0.5, 0.6) is 0 Å². The third-order valence-electron chi connectivity index (χ3n) is 3.86. The lowest BCUT2D eigenvalue weighted by molar-refractivity contribution is 0.623. The fourth-order valence-corrected chi connectivity index (χ4v) is 2.84. The first-order valence-corrected chi connectivity index (χ1v) is 7.95. The van der Waals surface area contributed by atoms with Gasteiger partial charge in [-0.3, -0.25) is 9.78 Å². The Bertz CT molecular complexity index is 1240. The van der Waals surface area contributed by atoms with Crippen molar-refractivity contribution >= 4 is 22.6 Å². The molecular formula is C18H10ClFN4O2. The molecule has 8 heteroatoms. The standard InChI is InChI=1S/C18H10ClFN4O2/c19-15-14(20)9-13-16(22-15)23(11-5-2-1-3-6-11)18(26)24(17(13)25)12-7-4-8-21-10-12/h1-10H. The molecule has 4 aromatic rings. The molecule has 0 unspecified atom stereocenters. The van der Waals surface area contributed by atoms with Crippen LogP contribution >= 0.6 is 11.6 Å². The van der Waals surface area contributed by atoms with E-state index in [0.29, 0.717) is 5.69 Å². The van der Waals surface area contributed by atoms with Crippen molar-refractivity contribution in [1.82, 2.24) is 19.1 Å². The summed E-state index contributed by atoms with van der Waals surface area (Å²) in [6.45, 7) is 0. The largest absolute Gasteiger partial charge is 0.342 e. The molecule has 6 nitrogen and oxygen atoms in total. The number of fused-ring (bicyclic) bond motifs is 1. The Morgan fingerprint density at radius 3 is 2.38 bits per heavy atom. The van der Waals surface area contributed by atoms with E-state index in [9.17, 15) is 14.0 Å². The van der Waals surface area contributed by atoms with E-state index in [-0.39, 0.29) is 16.7 Å². The lowest BCUT2D eigenvalue weighted by Crippen LogP contribution is -2.38. The minimum Gasteiger partial charge on any atom is -0.268 e. The second kappa shape index (κ2) is 6.20. The summed E-state index contributed by atoms with van der Waals surface area (Å²) in [5.41, 5.74) is -0.636. The van der Waals surface area contributed by atoms with Gasteiger partial charge in [-0.2, -0.15) is 0 Å². The summed E-state index contributed by atoms with van der Waals surface area (Å²) in [5.74, 6) is -0.840. The van der Waals surface area contributed by atoms with Crippen molar-refractivity contribution in [2.75, 3.05) is 0 Å². The van der Waals surface area contributed by atoms with E-state index in [4.69, 9.17) is 11.6 Å². The maximum atomic E-state index is 14.0. The minimum absolute atomic E-state index is 0.0160. The molecule has 0 saturated heterocycles. The van der Waals surface area contributed by atoms with Crippen LogP contribution in [0.15, 0.2) is 70.5 Å². The van der Waals surface area contributed by atoms with Crippen LogP contribution in [-0.4, -0.2) is 19.1 Å². The van der Waals surface area contributed by atoms with Gasteiger partial charge in [-0.1, -0.05) is 29.8 Å². The van der Waals surface area contributed by atoms with Gasteiger partial charge in [0.2, 0.25) is 0 Å². The van der Waals surface area contributed by atoms with E-state index in [2.05, 4.69) is 9.97 Å². The van der Waals surface area contributed by atoms with E-state index in [1.54, 1.807) is 42.5 Å². The van der Waals surface area contributed by atoms with Gasteiger partial charge in [-0.25, -0.2) is 23.3 Å². The molecule has 3 aromatic heterocycles. The van der Waals surface area contributed by atoms with Gasteiger partial charge in [-0.15, -0.1) is 0 Å². The van der Waals surface area contributed by atoms with Crippen molar-refractivity contribution < 1.29 is 4.39 Å². The minimum atomic E-state index is -0.840. The number of aromatic nitrogens is 4. The number of para-hydroxylation sites is 1. The number of halogens is 2. The van der Waals surface area contributed by atoms with Gasteiger partial charge in [0.15, 0.2) is 16.6 Å². The van der Waals surface area contributed by atoms with Gasteiger partial charge >= 0.3 is 5.69 Å². The lowest BCUT2D eigenvalue weighted by atomic mass is 10.2. The molecule has 0 saturated carbocycles. The van der Waals surface area contributed by atoms with Crippen molar-refractivity contribution in [1.29, 1.82) is 0 Å². The van der Waals surface area contributed by atoms with E-state index in [1.165, 1.54) is 17.0 Å².